The molecule has 0 aromatic heterocycles. The Morgan fingerprint density at radius 3 is 2.79 bits per heavy atom. The van der Waals surface area contributed by atoms with Gasteiger partial charge in [-0.05, 0) is 25.0 Å². The summed E-state index contributed by atoms with van der Waals surface area (Å²) in [7, 11) is -3.76. The largest absolute Gasteiger partial charge is 0.394 e. The molecule has 1 saturated heterocycles. The second-order valence-electron chi connectivity index (χ2n) is 4.34. The number of hydrogen-bond donors (Lipinski definition) is 2. The number of ether oxygens (including phenoxy) is 1. The molecule has 1 aliphatic rings. The number of nitrogens with two attached hydrogens (primary N) is 1. The van der Waals surface area contributed by atoms with Crippen LogP contribution in [-0.2, 0) is 14.8 Å². The molecule has 0 amide bonds. The monoisotopic (exact) mass is 292 g/mol. The van der Waals surface area contributed by atoms with E-state index in [9.17, 15) is 17.2 Å². The van der Waals surface area contributed by atoms with Gasteiger partial charge >= 0.3 is 0 Å². The van der Waals surface area contributed by atoms with Gasteiger partial charge in [0.2, 0.25) is 10.0 Å². The zero-order chi connectivity index (χ0) is 14.0. The lowest BCUT2D eigenvalue weighted by Crippen LogP contribution is -2.26. The smallest absolute Gasteiger partial charge is 0.235 e. The van der Waals surface area contributed by atoms with Gasteiger partial charge in [0, 0.05) is 6.61 Å². The van der Waals surface area contributed by atoms with Crippen LogP contribution >= 0.6 is 0 Å². The Balaban J connectivity index is 2.13. The van der Waals surface area contributed by atoms with Gasteiger partial charge in [-0.15, -0.1) is 0 Å². The molecule has 1 aromatic rings. The molecule has 1 fully saturated rings. The Bertz CT molecular complexity index is 572. The molecule has 1 aromatic carbocycles. The van der Waals surface area contributed by atoms with Crippen LogP contribution in [0.4, 0.5) is 20.2 Å². The van der Waals surface area contributed by atoms with Crippen LogP contribution in [0.15, 0.2) is 12.1 Å². The average Bonchev–Trinajstić information content (AvgIpc) is 2.82. The quantitative estimate of drug-likeness (QED) is 0.823. The Labute approximate surface area is 109 Å². The zero-order valence-corrected chi connectivity index (χ0v) is 10.8. The summed E-state index contributed by atoms with van der Waals surface area (Å²) in [4.78, 5) is 0. The summed E-state index contributed by atoms with van der Waals surface area (Å²) in [6, 6.07) is 1.90. The number of nitrogen functional groups attached to an aromatic ring is 1. The molecule has 0 bridgehead atoms. The molecule has 0 aliphatic carbocycles. The van der Waals surface area contributed by atoms with Crippen LogP contribution in [0.1, 0.15) is 12.8 Å². The summed E-state index contributed by atoms with van der Waals surface area (Å²) in [6.07, 6.45) is 1.06. The van der Waals surface area contributed by atoms with Crippen molar-refractivity contribution in [1.29, 1.82) is 0 Å². The summed E-state index contributed by atoms with van der Waals surface area (Å²) < 4.78 is 57.4. The normalized spacial score (nSPS) is 19.6. The van der Waals surface area contributed by atoms with E-state index in [2.05, 4.69) is 4.72 Å². The Morgan fingerprint density at radius 1 is 1.42 bits per heavy atom. The Morgan fingerprint density at radius 2 is 2.16 bits per heavy atom. The fraction of sp³-hybridized carbons (Fsp3) is 0.455. The van der Waals surface area contributed by atoms with Crippen molar-refractivity contribution in [3.63, 3.8) is 0 Å². The molecule has 106 valence electrons. The van der Waals surface area contributed by atoms with E-state index in [1.165, 1.54) is 0 Å². The number of hydrogen-bond acceptors (Lipinski definition) is 4. The van der Waals surface area contributed by atoms with E-state index in [0.29, 0.717) is 13.0 Å². The zero-order valence-electron chi connectivity index (χ0n) is 10.0. The molecule has 0 spiro atoms. The van der Waals surface area contributed by atoms with Crippen LogP contribution < -0.4 is 10.5 Å². The first-order valence-electron chi connectivity index (χ1n) is 5.74. The fourth-order valence-corrected chi connectivity index (χ4v) is 3.21. The highest BCUT2D eigenvalue weighted by Crippen LogP contribution is 2.24. The summed E-state index contributed by atoms with van der Waals surface area (Å²) in [5.74, 6) is -2.31. The van der Waals surface area contributed by atoms with Gasteiger partial charge in [-0.2, -0.15) is 0 Å². The second kappa shape index (κ2) is 5.30. The van der Waals surface area contributed by atoms with Crippen LogP contribution in [-0.4, -0.2) is 26.9 Å². The molecule has 2 rings (SSSR count). The topological polar surface area (TPSA) is 81.4 Å². The lowest BCUT2D eigenvalue weighted by atomic mass is 10.2. The third kappa shape index (κ3) is 3.32. The SMILES string of the molecule is Nc1c(F)ccc(NS(=O)(=O)CC2CCCO2)c1F. The van der Waals surface area contributed by atoms with Crippen LogP contribution in [0.3, 0.4) is 0 Å². The lowest BCUT2D eigenvalue weighted by Gasteiger charge is -2.13. The van der Waals surface area contributed by atoms with Gasteiger partial charge in [0.25, 0.3) is 0 Å². The fourth-order valence-electron chi connectivity index (χ4n) is 1.88. The van der Waals surface area contributed by atoms with Gasteiger partial charge in [0.15, 0.2) is 5.82 Å². The lowest BCUT2D eigenvalue weighted by molar-refractivity contribution is 0.127. The third-order valence-corrected chi connectivity index (χ3v) is 4.16. The van der Waals surface area contributed by atoms with E-state index in [-0.39, 0.29) is 11.4 Å². The number of benzene rings is 1. The molecule has 3 N–H and O–H groups in total. The molecule has 1 unspecified atom stereocenters. The van der Waals surface area contributed by atoms with Gasteiger partial charge in [0.05, 0.1) is 17.5 Å². The number of halogens is 2. The van der Waals surface area contributed by atoms with Crippen LogP contribution in [0, 0.1) is 11.6 Å². The number of sulfonamides is 1. The molecule has 8 heteroatoms. The molecule has 19 heavy (non-hydrogen) atoms. The summed E-state index contributed by atoms with van der Waals surface area (Å²) in [6.45, 7) is 0.526. The molecule has 0 saturated carbocycles. The number of rotatable bonds is 4. The van der Waals surface area contributed by atoms with Crippen molar-refractivity contribution in [2.24, 2.45) is 0 Å². The first kappa shape index (κ1) is 14.0. The van der Waals surface area contributed by atoms with Crippen molar-refractivity contribution in [2.75, 3.05) is 22.8 Å². The minimum Gasteiger partial charge on any atom is -0.394 e. The van der Waals surface area contributed by atoms with E-state index in [1.54, 1.807) is 0 Å². The van der Waals surface area contributed by atoms with Gasteiger partial charge in [0.1, 0.15) is 11.5 Å². The van der Waals surface area contributed by atoms with Crippen LogP contribution in [0.5, 0.6) is 0 Å². The van der Waals surface area contributed by atoms with E-state index in [4.69, 9.17) is 10.5 Å². The van der Waals surface area contributed by atoms with Crippen LogP contribution in [0.25, 0.3) is 0 Å². The highest BCUT2D eigenvalue weighted by molar-refractivity contribution is 7.92. The molecular formula is C11H14F2N2O3S. The first-order chi connectivity index (χ1) is 8.89. The first-order valence-corrected chi connectivity index (χ1v) is 7.40. The van der Waals surface area contributed by atoms with E-state index in [1.807, 2.05) is 0 Å². The molecule has 0 radical (unpaired) electrons. The van der Waals surface area contributed by atoms with Crippen molar-refractivity contribution < 1.29 is 21.9 Å². The third-order valence-electron chi connectivity index (χ3n) is 2.82. The maximum absolute atomic E-state index is 13.6. The average molecular weight is 292 g/mol. The summed E-state index contributed by atoms with van der Waals surface area (Å²) >= 11 is 0. The van der Waals surface area contributed by atoms with E-state index in [0.717, 1.165) is 18.6 Å². The molecule has 1 aliphatic heterocycles. The van der Waals surface area contributed by atoms with Crippen molar-refractivity contribution in [1.82, 2.24) is 0 Å². The minimum absolute atomic E-state index is 0.260. The second-order valence-corrected chi connectivity index (χ2v) is 6.11. The van der Waals surface area contributed by atoms with Crippen molar-refractivity contribution in [3.8, 4) is 0 Å². The summed E-state index contributed by atoms with van der Waals surface area (Å²) in [5, 5.41) is 0. The van der Waals surface area contributed by atoms with Gasteiger partial charge in [-0.1, -0.05) is 0 Å². The standard InChI is InChI=1S/C11H14F2N2O3S/c12-8-3-4-9(10(13)11(8)14)15-19(16,17)6-7-2-1-5-18-7/h3-4,7,15H,1-2,5-6,14H2. The maximum Gasteiger partial charge on any atom is 0.235 e. The highest BCUT2D eigenvalue weighted by atomic mass is 32.2. The maximum atomic E-state index is 13.6. The molecule has 5 nitrogen and oxygen atoms in total. The van der Waals surface area contributed by atoms with Crippen LogP contribution in [0.2, 0.25) is 0 Å². The molecule has 1 heterocycles. The summed E-state index contributed by atoms with van der Waals surface area (Å²) in [5.41, 5.74) is 4.08. The van der Waals surface area contributed by atoms with Gasteiger partial charge < -0.3 is 10.5 Å². The van der Waals surface area contributed by atoms with E-state index >= 15 is 0 Å². The molecular weight excluding hydrogens is 278 g/mol. The van der Waals surface area contributed by atoms with Gasteiger partial charge in [-0.25, -0.2) is 17.2 Å². The van der Waals surface area contributed by atoms with E-state index < -0.39 is 33.4 Å². The number of nitrogens with one attached hydrogen (secondary N) is 1. The van der Waals surface area contributed by atoms with Crippen molar-refractivity contribution in [3.05, 3.63) is 23.8 Å². The molecule has 1 atom stereocenters. The van der Waals surface area contributed by atoms with Crippen molar-refractivity contribution >= 4 is 21.4 Å². The Kier molecular flexibility index (Phi) is 3.91. The van der Waals surface area contributed by atoms with Gasteiger partial charge in [-0.3, -0.25) is 4.72 Å². The van der Waals surface area contributed by atoms with Crippen molar-refractivity contribution in [2.45, 2.75) is 18.9 Å². The highest BCUT2D eigenvalue weighted by Gasteiger charge is 2.24. The predicted molar refractivity (Wildman–Crippen MR) is 67.2 cm³/mol. The minimum atomic E-state index is -3.76. The predicted octanol–water partition coefficient (Wildman–Crippen LogP) is 1.47. The Hall–Kier alpha value is -1.41. The number of anilines is 2.